The lowest BCUT2D eigenvalue weighted by atomic mass is 10.7. The average Bonchev–Trinajstić information content (AvgIpc) is 2.05. The van der Waals surface area contributed by atoms with Gasteiger partial charge in [0.15, 0.2) is 0 Å². The molecule has 12 heavy (non-hydrogen) atoms. The van der Waals surface area contributed by atoms with Crippen molar-refractivity contribution in [3.05, 3.63) is 0 Å². The number of alkyl carbamates (subject to hydrolysis) is 1. The average molecular weight is 177 g/mol. The van der Waals surface area contributed by atoms with E-state index in [4.69, 9.17) is 9.84 Å². The van der Waals surface area contributed by atoms with Gasteiger partial charge in [-0.1, -0.05) is 0 Å². The molecular formula is C7H15NO4. The Morgan fingerprint density at radius 1 is 1.50 bits per heavy atom. The summed E-state index contributed by atoms with van der Waals surface area (Å²) < 4.78 is 9.48. The zero-order chi connectivity index (χ0) is 9.23. The summed E-state index contributed by atoms with van der Waals surface area (Å²) in [6.07, 6.45) is -0.440. The van der Waals surface area contributed by atoms with Gasteiger partial charge in [-0.05, 0) is 6.92 Å². The fourth-order valence-electron chi connectivity index (χ4n) is 0.574. The van der Waals surface area contributed by atoms with E-state index in [0.717, 1.165) is 0 Å². The molecule has 0 unspecified atom stereocenters. The van der Waals surface area contributed by atoms with Crippen LogP contribution >= 0.6 is 0 Å². The molecule has 0 spiro atoms. The minimum atomic E-state index is -0.440. The summed E-state index contributed by atoms with van der Waals surface area (Å²) >= 11 is 0. The third-order valence-corrected chi connectivity index (χ3v) is 1.03. The van der Waals surface area contributed by atoms with E-state index in [1.54, 1.807) is 6.92 Å². The van der Waals surface area contributed by atoms with Crippen molar-refractivity contribution in [2.45, 2.75) is 6.92 Å². The molecule has 72 valence electrons. The lowest BCUT2D eigenvalue weighted by Gasteiger charge is -2.04. The quantitative estimate of drug-likeness (QED) is 0.548. The molecule has 0 aliphatic carbocycles. The summed E-state index contributed by atoms with van der Waals surface area (Å²) in [6.45, 7) is 3.19. The van der Waals surface area contributed by atoms with Gasteiger partial charge in [0.2, 0.25) is 0 Å². The third kappa shape index (κ3) is 7.30. The van der Waals surface area contributed by atoms with Crippen LogP contribution in [0.3, 0.4) is 0 Å². The van der Waals surface area contributed by atoms with E-state index < -0.39 is 6.09 Å². The van der Waals surface area contributed by atoms with Crippen molar-refractivity contribution in [2.24, 2.45) is 0 Å². The smallest absolute Gasteiger partial charge is 0.407 e. The van der Waals surface area contributed by atoms with E-state index in [-0.39, 0.29) is 6.61 Å². The highest BCUT2D eigenvalue weighted by molar-refractivity contribution is 5.66. The molecule has 0 saturated carbocycles. The van der Waals surface area contributed by atoms with Crippen molar-refractivity contribution in [3.63, 3.8) is 0 Å². The molecule has 5 nitrogen and oxygen atoms in total. The van der Waals surface area contributed by atoms with E-state index in [1.807, 2.05) is 0 Å². The van der Waals surface area contributed by atoms with E-state index in [2.05, 4.69) is 10.1 Å². The maximum atomic E-state index is 10.6. The lowest BCUT2D eigenvalue weighted by Crippen LogP contribution is -2.28. The first-order chi connectivity index (χ1) is 5.81. The van der Waals surface area contributed by atoms with Gasteiger partial charge in [-0.3, -0.25) is 0 Å². The highest BCUT2D eigenvalue weighted by Crippen LogP contribution is 1.76. The molecule has 0 aliphatic heterocycles. The Hall–Kier alpha value is -0.810. The standard InChI is InChI=1S/C7H15NO4/c1-2-12-7(10)8-3-5-11-6-4-9/h9H,2-6H2,1H3,(H,8,10). The second-order valence-corrected chi connectivity index (χ2v) is 1.98. The number of nitrogens with one attached hydrogen (secondary N) is 1. The predicted octanol–water partition coefficient (Wildman–Crippen LogP) is -0.259. The summed E-state index contributed by atoms with van der Waals surface area (Å²) in [5, 5.41) is 10.8. The largest absolute Gasteiger partial charge is 0.450 e. The number of carbonyl (C=O) groups excluding carboxylic acids is 1. The van der Waals surface area contributed by atoms with Gasteiger partial charge in [0.1, 0.15) is 0 Å². The van der Waals surface area contributed by atoms with Crippen LogP contribution in [0.15, 0.2) is 0 Å². The summed E-state index contributed by atoms with van der Waals surface area (Å²) in [5.74, 6) is 0. The van der Waals surface area contributed by atoms with Crippen molar-refractivity contribution in [1.29, 1.82) is 0 Å². The van der Waals surface area contributed by atoms with Crippen LogP contribution in [0.4, 0.5) is 4.79 Å². The molecular weight excluding hydrogens is 162 g/mol. The number of ether oxygens (including phenoxy) is 2. The molecule has 0 radical (unpaired) electrons. The Labute approximate surface area is 71.7 Å². The molecule has 0 aliphatic rings. The van der Waals surface area contributed by atoms with Crippen LogP contribution in [0.5, 0.6) is 0 Å². The Morgan fingerprint density at radius 2 is 2.25 bits per heavy atom. The second kappa shape index (κ2) is 8.29. The van der Waals surface area contributed by atoms with Gasteiger partial charge in [-0.25, -0.2) is 4.79 Å². The van der Waals surface area contributed by atoms with Gasteiger partial charge < -0.3 is 19.9 Å². The normalized spacial score (nSPS) is 9.50. The molecule has 0 bridgehead atoms. The monoisotopic (exact) mass is 177 g/mol. The van der Waals surface area contributed by atoms with E-state index in [0.29, 0.717) is 26.4 Å². The summed E-state index contributed by atoms with van der Waals surface area (Å²) in [6, 6.07) is 0. The first-order valence-corrected chi connectivity index (χ1v) is 3.90. The van der Waals surface area contributed by atoms with Gasteiger partial charge in [0, 0.05) is 6.54 Å². The summed E-state index contributed by atoms with van der Waals surface area (Å²) in [4.78, 5) is 10.6. The highest BCUT2D eigenvalue weighted by Gasteiger charge is 1.97. The molecule has 1 amide bonds. The molecule has 0 saturated heterocycles. The molecule has 0 aromatic rings. The van der Waals surface area contributed by atoms with Crippen LogP contribution in [-0.2, 0) is 9.47 Å². The van der Waals surface area contributed by atoms with Crippen LogP contribution in [-0.4, -0.2) is 44.2 Å². The topological polar surface area (TPSA) is 67.8 Å². The Kier molecular flexibility index (Phi) is 7.73. The Bertz CT molecular complexity index is 118. The Balaban J connectivity index is 3.03. The number of hydrogen-bond donors (Lipinski definition) is 2. The van der Waals surface area contributed by atoms with E-state index in [1.165, 1.54) is 0 Å². The first kappa shape index (κ1) is 11.2. The van der Waals surface area contributed by atoms with Crippen LogP contribution < -0.4 is 5.32 Å². The maximum absolute atomic E-state index is 10.6. The maximum Gasteiger partial charge on any atom is 0.407 e. The van der Waals surface area contributed by atoms with Crippen LogP contribution in [0.2, 0.25) is 0 Å². The van der Waals surface area contributed by atoms with Crippen molar-refractivity contribution < 1.29 is 19.4 Å². The third-order valence-electron chi connectivity index (χ3n) is 1.03. The number of amides is 1. The minimum Gasteiger partial charge on any atom is -0.450 e. The first-order valence-electron chi connectivity index (χ1n) is 3.90. The van der Waals surface area contributed by atoms with Gasteiger partial charge in [-0.2, -0.15) is 0 Å². The second-order valence-electron chi connectivity index (χ2n) is 1.98. The zero-order valence-corrected chi connectivity index (χ0v) is 7.21. The molecule has 0 fully saturated rings. The van der Waals surface area contributed by atoms with Crippen molar-refractivity contribution in [3.8, 4) is 0 Å². The van der Waals surface area contributed by atoms with Gasteiger partial charge >= 0.3 is 6.09 Å². The molecule has 0 rings (SSSR count). The van der Waals surface area contributed by atoms with Gasteiger partial charge in [-0.15, -0.1) is 0 Å². The lowest BCUT2D eigenvalue weighted by molar-refractivity contribution is 0.0912. The fraction of sp³-hybridized carbons (Fsp3) is 0.857. The predicted molar refractivity (Wildman–Crippen MR) is 42.9 cm³/mol. The summed E-state index contributed by atoms with van der Waals surface area (Å²) in [7, 11) is 0. The highest BCUT2D eigenvalue weighted by atomic mass is 16.5. The van der Waals surface area contributed by atoms with Gasteiger partial charge in [0.05, 0.1) is 26.4 Å². The number of carbonyl (C=O) groups is 1. The van der Waals surface area contributed by atoms with Crippen molar-refractivity contribution in [2.75, 3.05) is 33.0 Å². The molecule has 0 heterocycles. The van der Waals surface area contributed by atoms with Crippen molar-refractivity contribution in [1.82, 2.24) is 5.32 Å². The number of hydrogen-bond acceptors (Lipinski definition) is 4. The zero-order valence-electron chi connectivity index (χ0n) is 7.21. The van der Waals surface area contributed by atoms with Crippen molar-refractivity contribution >= 4 is 6.09 Å². The molecule has 5 heteroatoms. The Morgan fingerprint density at radius 3 is 2.83 bits per heavy atom. The van der Waals surface area contributed by atoms with Crippen LogP contribution in [0, 0.1) is 0 Å². The van der Waals surface area contributed by atoms with Gasteiger partial charge in [0.25, 0.3) is 0 Å². The molecule has 0 aromatic heterocycles. The minimum absolute atomic E-state index is 0.000589. The van der Waals surface area contributed by atoms with Crippen LogP contribution in [0.1, 0.15) is 6.92 Å². The number of aliphatic hydroxyl groups excluding tert-OH is 1. The number of aliphatic hydroxyl groups is 1. The summed E-state index contributed by atoms with van der Waals surface area (Å²) in [5.41, 5.74) is 0. The SMILES string of the molecule is CCOC(=O)NCCOCCO. The van der Waals surface area contributed by atoms with E-state index >= 15 is 0 Å². The fourth-order valence-corrected chi connectivity index (χ4v) is 0.574. The number of rotatable bonds is 6. The van der Waals surface area contributed by atoms with Crippen LogP contribution in [0.25, 0.3) is 0 Å². The van der Waals surface area contributed by atoms with E-state index in [9.17, 15) is 4.79 Å². The molecule has 0 aromatic carbocycles. The molecule has 0 atom stereocenters. The molecule has 2 N–H and O–H groups in total.